The van der Waals surface area contributed by atoms with Crippen molar-refractivity contribution in [1.29, 1.82) is 0 Å². The molecule has 1 aliphatic rings. The second-order valence-electron chi connectivity index (χ2n) is 5.52. The maximum atomic E-state index is 5.69. The highest BCUT2D eigenvalue weighted by atomic mass is 16.5. The van der Waals surface area contributed by atoms with E-state index in [-0.39, 0.29) is 6.04 Å². The van der Waals surface area contributed by atoms with Gasteiger partial charge >= 0.3 is 0 Å². The van der Waals surface area contributed by atoms with Crippen LogP contribution in [0.25, 0.3) is 0 Å². The highest BCUT2D eigenvalue weighted by Crippen LogP contribution is 2.34. The van der Waals surface area contributed by atoms with E-state index >= 15 is 0 Å². The lowest BCUT2D eigenvalue weighted by Gasteiger charge is -2.29. The molecule has 1 unspecified atom stereocenters. The Morgan fingerprint density at radius 3 is 2.58 bits per heavy atom. The van der Waals surface area contributed by atoms with Gasteiger partial charge in [-0.2, -0.15) is 0 Å². The first-order chi connectivity index (χ1) is 9.33. The number of nitrogens with two attached hydrogens (primary N) is 1. The van der Waals surface area contributed by atoms with E-state index in [1.54, 1.807) is 0 Å². The summed E-state index contributed by atoms with van der Waals surface area (Å²) >= 11 is 0. The third-order valence-corrected chi connectivity index (χ3v) is 4.04. The minimum Gasteiger partial charge on any atom is -0.494 e. The zero-order valence-corrected chi connectivity index (χ0v) is 11.9. The van der Waals surface area contributed by atoms with Gasteiger partial charge in [-0.25, -0.2) is 0 Å². The van der Waals surface area contributed by atoms with E-state index in [0.717, 1.165) is 31.1 Å². The number of unbranched alkanes of at least 4 members (excludes halogenated alkanes) is 1. The molecular formula is C16H26N2O. The fourth-order valence-electron chi connectivity index (χ4n) is 2.49. The molecule has 0 heterocycles. The third kappa shape index (κ3) is 4.22. The monoisotopic (exact) mass is 262 g/mol. The van der Waals surface area contributed by atoms with Gasteiger partial charge in [-0.1, -0.05) is 44.7 Å². The van der Waals surface area contributed by atoms with Gasteiger partial charge in [0.05, 0.1) is 6.61 Å². The molecule has 19 heavy (non-hydrogen) atoms. The molecule has 1 aromatic rings. The van der Waals surface area contributed by atoms with Gasteiger partial charge in [-0.15, -0.1) is 0 Å². The lowest BCUT2D eigenvalue weighted by Crippen LogP contribution is -2.31. The van der Waals surface area contributed by atoms with Crippen molar-refractivity contribution in [2.24, 2.45) is 11.8 Å². The second kappa shape index (κ2) is 7.51. The molecule has 3 N–H and O–H groups in total. The summed E-state index contributed by atoms with van der Waals surface area (Å²) in [6.07, 6.45) is 7.51. The minimum absolute atomic E-state index is 0.273. The smallest absolute Gasteiger partial charge is 0.119 e. The van der Waals surface area contributed by atoms with Crippen molar-refractivity contribution < 1.29 is 4.74 Å². The number of hydrogen-bond acceptors (Lipinski definition) is 3. The van der Waals surface area contributed by atoms with Crippen LogP contribution in [0.15, 0.2) is 24.3 Å². The van der Waals surface area contributed by atoms with Gasteiger partial charge < -0.3 is 4.74 Å². The van der Waals surface area contributed by atoms with Crippen LogP contribution in [-0.4, -0.2) is 6.61 Å². The number of nitrogens with one attached hydrogen (secondary N) is 1. The van der Waals surface area contributed by atoms with Crippen LogP contribution in [-0.2, 0) is 0 Å². The topological polar surface area (TPSA) is 47.3 Å². The summed E-state index contributed by atoms with van der Waals surface area (Å²) in [6, 6.07) is 8.64. The Morgan fingerprint density at radius 2 is 2.05 bits per heavy atom. The molecule has 0 spiro atoms. The first kappa shape index (κ1) is 14.4. The molecule has 3 heteroatoms. The average Bonchev–Trinajstić information content (AvgIpc) is 2.39. The molecule has 1 aliphatic carbocycles. The van der Waals surface area contributed by atoms with Gasteiger partial charge in [0.25, 0.3) is 0 Å². The van der Waals surface area contributed by atoms with Crippen LogP contribution in [0.1, 0.15) is 57.1 Å². The third-order valence-electron chi connectivity index (χ3n) is 4.04. The molecule has 1 fully saturated rings. The Hall–Kier alpha value is -1.06. The Kier molecular flexibility index (Phi) is 5.67. The van der Waals surface area contributed by atoms with Crippen molar-refractivity contribution in [1.82, 2.24) is 5.43 Å². The van der Waals surface area contributed by atoms with Crippen molar-refractivity contribution in [2.45, 2.75) is 51.5 Å². The van der Waals surface area contributed by atoms with Gasteiger partial charge in [-0.3, -0.25) is 11.3 Å². The lowest BCUT2D eigenvalue weighted by molar-refractivity contribution is 0.261. The van der Waals surface area contributed by atoms with E-state index in [0.29, 0.717) is 0 Å². The molecule has 0 saturated heterocycles. The summed E-state index contributed by atoms with van der Waals surface area (Å²) in [6.45, 7) is 2.97. The molecule has 3 nitrogen and oxygen atoms in total. The van der Waals surface area contributed by atoms with Gasteiger partial charge in [-0.05, 0) is 36.5 Å². The van der Waals surface area contributed by atoms with E-state index in [4.69, 9.17) is 10.6 Å². The van der Waals surface area contributed by atoms with Crippen molar-refractivity contribution in [3.63, 3.8) is 0 Å². The SMILES string of the molecule is CCCCOc1ccc(C(CC2CCC2)NN)cc1. The molecule has 1 aromatic carbocycles. The van der Waals surface area contributed by atoms with Crippen LogP contribution in [0.3, 0.4) is 0 Å². The number of hydrogen-bond donors (Lipinski definition) is 2. The summed E-state index contributed by atoms with van der Waals surface area (Å²) in [7, 11) is 0. The van der Waals surface area contributed by atoms with Crippen LogP contribution < -0.4 is 16.0 Å². The van der Waals surface area contributed by atoms with Gasteiger partial charge in [0, 0.05) is 6.04 Å². The lowest BCUT2D eigenvalue weighted by atomic mass is 9.80. The van der Waals surface area contributed by atoms with Crippen LogP contribution in [0.5, 0.6) is 5.75 Å². The number of rotatable bonds is 8. The van der Waals surface area contributed by atoms with Crippen molar-refractivity contribution in [3.8, 4) is 5.75 Å². The normalized spacial score (nSPS) is 16.9. The molecule has 2 rings (SSSR count). The zero-order valence-electron chi connectivity index (χ0n) is 11.9. The van der Waals surface area contributed by atoms with E-state index in [2.05, 4.69) is 36.6 Å². The average molecular weight is 262 g/mol. The predicted molar refractivity (Wildman–Crippen MR) is 78.9 cm³/mol. The quantitative estimate of drug-likeness (QED) is 0.428. The number of hydrazine groups is 1. The Labute approximate surface area is 116 Å². The number of ether oxygens (including phenoxy) is 1. The summed E-state index contributed by atoms with van der Waals surface area (Å²) in [5, 5.41) is 0. The molecule has 0 aromatic heterocycles. The summed E-state index contributed by atoms with van der Waals surface area (Å²) < 4.78 is 5.68. The molecule has 0 amide bonds. The van der Waals surface area contributed by atoms with Crippen molar-refractivity contribution >= 4 is 0 Å². The van der Waals surface area contributed by atoms with Crippen LogP contribution >= 0.6 is 0 Å². The Morgan fingerprint density at radius 1 is 1.32 bits per heavy atom. The fourth-order valence-corrected chi connectivity index (χ4v) is 2.49. The first-order valence-corrected chi connectivity index (χ1v) is 7.52. The number of benzene rings is 1. The van der Waals surface area contributed by atoms with Crippen molar-refractivity contribution in [3.05, 3.63) is 29.8 Å². The maximum Gasteiger partial charge on any atom is 0.119 e. The Bertz CT molecular complexity index is 360. The van der Waals surface area contributed by atoms with Crippen LogP contribution in [0.4, 0.5) is 0 Å². The maximum absolute atomic E-state index is 5.69. The summed E-state index contributed by atoms with van der Waals surface area (Å²) in [4.78, 5) is 0. The Balaban J connectivity index is 1.87. The predicted octanol–water partition coefficient (Wildman–Crippen LogP) is 3.56. The molecule has 0 radical (unpaired) electrons. The summed E-state index contributed by atoms with van der Waals surface area (Å²) in [5.41, 5.74) is 4.21. The van der Waals surface area contributed by atoms with Crippen molar-refractivity contribution in [2.75, 3.05) is 6.61 Å². The minimum atomic E-state index is 0.273. The fraction of sp³-hybridized carbons (Fsp3) is 0.625. The van der Waals surface area contributed by atoms with E-state index in [1.807, 2.05) is 0 Å². The van der Waals surface area contributed by atoms with E-state index in [1.165, 1.54) is 31.2 Å². The molecular weight excluding hydrogens is 236 g/mol. The van der Waals surface area contributed by atoms with Crippen LogP contribution in [0, 0.1) is 5.92 Å². The molecule has 1 atom stereocenters. The highest BCUT2D eigenvalue weighted by Gasteiger charge is 2.22. The highest BCUT2D eigenvalue weighted by molar-refractivity contribution is 5.29. The zero-order chi connectivity index (χ0) is 13.5. The summed E-state index contributed by atoms with van der Waals surface area (Å²) in [5.74, 6) is 7.49. The largest absolute Gasteiger partial charge is 0.494 e. The first-order valence-electron chi connectivity index (χ1n) is 7.52. The second-order valence-corrected chi connectivity index (χ2v) is 5.52. The van der Waals surface area contributed by atoms with Gasteiger partial charge in [0.2, 0.25) is 0 Å². The molecule has 1 saturated carbocycles. The van der Waals surface area contributed by atoms with Gasteiger partial charge in [0.15, 0.2) is 0 Å². The van der Waals surface area contributed by atoms with E-state index in [9.17, 15) is 0 Å². The molecule has 106 valence electrons. The van der Waals surface area contributed by atoms with Gasteiger partial charge in [0.1, 0.15) is 5.75 Å². The van der Waals surface area contributed by atoms with Crippen LogP contribution in [0.2, 0.25) is 0 Å². The standard InChI is InChI=1S/C16H26N2O/c1-2-3-11-19-15-9-7-14(8-10-15)16(18-17)12-13-5-4-6-13/h7-10,13,16,18H,2-6,11-12,17H2,1H3. The molecule has 0 aliphatic heterocycles. The van der Waals surface area contributed by atoms with E-state index < -0.39 is 0 Å². The molecule has 0 bridgehead atoms.